The number of nitrogens with zero attached hydrogens (tertiary/aromatic N) is 3. The number of piperazine rings is 1. The van der Waals surface area contributed by atoms with Crippen molar-refractivity contribution in [3.05, 3.63) is 95.6 Å². The predicted octanol–water partition coefficient (Wildman–Crippen LogP) is 7.43. The third-order valence-corrected chi connectivity index (χ3v) is 10.2. The van der Waals surface area contributed by atoms with Gasteiger partial charge in [0.2, 0.25) is 0 Å². The summed E-state index contributed by atoms with van der Waals surface area (Å²) >= 11 is 0. The second kappa shape index (κ2) is 21.2. The highest BCUT2D eigenvalue weighted by Gasteiger charge is 2.23. The maximum Gasteiger partial charge on any atom is 0.407 e. The van der Waals surface area contributed by atoms with Crippen LogP contribution >= 0.6 is 0 Å². The Morgan fingerprint density at radius 1 is 0.852 bits per heavy atom. The molecule has 1 aliphatic rings. The van der Waals surface area contributed by atoms with E-state index in [0.29, 0.717) is 43.5 Å². The molecule has 4 aromatic rings. The molecule has 1 saturated heterocycles. The number of hydrogen-bond acceptors (Lipinski definition) is 8. The van der Waals surface area contributed by atoms with E-state index in [-0.39, 0.29) is 18.3 Å². The van der Waals surface area contributed by atoms with E-state index in [1.807, 2.05) is 66.7 Å². The number of Topliss-reactive ketones (excluding diaryl/α,β-unsaturated/α-hetero) is 1. The number of carbonyl (C=O) groups excluding carboxylic acids is 3. The number of fused-ring (bicyclic) bond motifs is 1. The normalized spacial score (nSPS) is 14.1. The van der Waals surface area contributed by atoms with Gasteiger partial charge in [-0.25, -0.2) is 9.78 Å². The number of pyridine rings is 1. The van der Waals surface area contributed by atoms with Crippen molar-refractivity contribution in [1.82, 2.24) is 25.4 Å². The Kier molecular flexibility index (Phi) is 15.8. The lowest BCUT2D eigenvalue weighted by molar-refractivity contribution is -0.121. The second-order valence-corrected chi connectivity index (χ2v) is 14.3. The number of ketones is 1. The molecule has 1 aliphatic heterocycles. The molecule has 0 aliphatic carbocycles. The molecule has 10 nitrogen and oxygen atoms in total. The van der Waals surface area contributed by atoms with E-state index < -0.39 is 12.1 Å². The van der Waals surface area contributed by atoms with Gasteiger partial charge in [0, 0.05) is 50.1 Å². The van der Waals surface area contributed by atoms with Crippen LogP contribution in [0.4, 0.5) is 4.79 Å². The van der Waals surface area contributed by atoms with E-state index in [2.05, 4.69) is 46.5 Å². The van der Waals surface area contributed by atoms with Gasteiger partial charge in [-0.2, -0.15) is 0 Å². The number of benzene rings is 3. The minimum Gasteiger partial charge on any atom is -0.497 e. The van der Waals surface area contributed by atoms with E-state index in [4.69, 9.17) is 14.5 Å². The Labute approximate surface area is 320 Å². The number of amides is 2. The molecule has 54 heavy (non-hydrogen) atoms. The molecule has 1 unspecified atom stereocenters. The molecule has 2 amide bonds. The van der Waals surface area contributed by atoms with Crippen LogP contribution in [-0.4, -0.2) is 92.0 Å². The molecule has 1 atom stereocenters. The molecule has 2 heterocycles. The Morgan fingerprint density at radius 3 is 2.37 bits per heavy atom. The van der Waals surface area contributed by atoms with Crippen LogP contribution < -0.4 is 15.4 Å². The molecule has 0 bridgehead atoms. The Balaban J connectivity index is 1.27. The van der Waals surface area contributed by atoms with Gasteiger partial charge < -0.3 is 29.9 Å². The van der Waals surface area contributed by atoms with Gasteiger partial charge in [-0.3, -0.25) is 9.59 Å². The first kappa shape index (κ1) is 40.4. The fourth-order valence-electron chi connectivity index (χ4n) is 6.77. The lowest BCUT2D eigenvalue weighted by Crippen LogP contribution is -2.44. The number of alkyl carbamates (subject to hydrolysis) is 1. The van der Waals surface area contributed by atoms with Crippen molar-refractivity contribution < 1.29 is 23.9 Å². The number of ether oxygens (including phenoxy) is 2. The van der Waals surface area contributed by atoms with E-state index in [1.54, 1.807) is 7.11 Å². The molecule has 5 rings (SSSR count). The van der Waals surface area contributed by atoms with Gasteiger partial charge in [0.05, 0.1) is 29.9 Å². The topological polar surface area (TPSA) is 113 Å². The van der Waals surface area contributed by atoms with Crippen molar-refractivity contribution >= 4 is 28.7 Å². The maximum atomic E-state index is 14.3. The van der Waals surface area contributed by atoms with Gasteiger partial charge in [-0.15, -0.1) is 0 Å². The molecular formula is C44H57N5O5. The highest BCUT2D eigenvalue weighted by Crippen LogP contribution is 2.28. The monoisotopic (exact) mass is 735 g/mol. The summed E-state index contributed by atoms with van der Waals surface area (Å²) in [6.45, 7) is 7.99. The van der Waals surface area contributed by atoms with Gasteiger partial charge in [0.25, 0.3) is 5.91 Å². The van der Waals surface area contributed by atoms with Crippen LogP contribution in [0.15, 0.2) is 78.9 Å². The standard InChI is InChI=1S/C44H57N5O5/c1-4-5-13-33-18-23-39-37(30-33)38(31-41(46-39)35-19-21-36(53-3)22-20-35)43(51)47-40(42(50)17-10-12-25-49-28-26-48(2)27-29-49)16-9-11-24-45-44(52)54-32-34-14-7-6-8-15-34/h6-8,14-15,18-23,30-31,40H,4-5,9-13,16-17,24-29,32H2,1-3H3,(H,45,52)(H,47,51). The van der Waals surface area contributed by atoms with Crippen LogP contribution in [0.1, 0.15) is 79.8 Å². The van der Waals surface area contributed by atoms with E-state index in [9.17, 15) is 14.4 Å². The van der Waals surface area contributed by atoms with Gasteiger partial charge in [-0.1, -0.05) is 49.7 Å². The van der Waals surface area contributed by atoms with Crippen molar-refractivity contribution in [3.63, 3.8) is 0 Å². The summed E-state index contributed by atoms with van der Waals surface area (Å²) in [5, 5.41) is 6.74. The Hall–Kier alpha value is -4.80. The van der Waals surface area contributed by atoms with Crippen molar-refractivity contribution in [2.75, 3.05) is 53.4 Å². The van der Waals surface area contributed by atoms with Crippen molar-refractivity contribution in [2.24, 2.45) is 0 Å². The molecule has 0 spiro atoms. The van der Waals surface area contributed by atoms with Crippen molar-refractivity contribution in [3.8, 4) is 17.0 Å². The molecule has 3 aromatic carbocycles. The number of aryl methyl sites for hydroxylation is 1. The maximum absolute atomic E-state index is 14.3. The number of rotatable bonds is 20. The SMILES string of the molecule is CCCCc1ccc2nc(-c3ccc(OC)cc3)cc(C(=O)NC(CCCCNC(=O)OCc3ccccc3)C(=O)CCCCN3CCN(C)CC3)c2c1. The largest absolute Gasteiger partial charge is 0.497 e. The molecule has 1 aromatic heterocycles. The quantitative estimate of drug-likeness (QED) is 0.0902. The van der Waals surface area contributed by atoms with Crippen LogP contribution in [0.3, 0.4) is 0 Å². The van der Waals surface area contributed by atoms with Crippen LogP contribution in [0.5, 0.6) is 5.75 Å². The van der Waals surface area contributed by atoms with Gasteiger partial charge in [0.15, 0.2) is 5.78 Å². The smallest absolute Gasteiger partial charge is 0.407 e. The van der Waals surface area contributed by atoms with Gasteiger partial charge in [-0.05, 0) is 112 Å². The Morgan fingerprint density at radius 2 is 1.63 bits per heavy atom. The summed E-state index contributed by atoms with van der Waals surface area (Å²) in [5.74, 6) is 0.486. The van der Waals surface area contributed by atoms with E-state index in [1.165, 1.54) is 0 Å². The number of aromatic nitrogens is 1. The zero-order chi connectivity index (χ0) is 38.1. The zero-order valence-electron chi connectivity index (χ0n) is 32.3. The van der Waals surface area contributed by atoms with Crippen LogP contribution in [0.2, 0.25) is 0 Å². The molecule has 0 radical (unpaired) electrons. The minimum atomic E-state index is -0.651. The molecule has 10 heteroatoms. The average molecular weight is 736 g/mol. The molecule has 2 N–H and O–H groups in total. The number of likely N-dealkylation sites (N-methyl/N-ethyl adjacent to an activating group) is 1. The van der Waals surface area contributed by atoms with Crippen LogP contribution in [0.25, 0.3) is 22.2 Å². The average Bonchev–Trinajstić information content (AvgIpc) is 3.20. The van der Waals surface area contributed by atoms with E-state index >= 15 is 0 Å². The van der Waals surface area contributed by atoms with Crippen LogP contribution in [0, 0.1) is 0 Å². The Bertz CT molecular complexity index is 1790. The summed E-state index contributed by atoms with van der Waals surface area (Å²) in [7, 11) is 3.78. The minimum absolute atomic E-state index is 0.0364. The van der Waals surface area contributed by atoms with Crippen LogP contribution in [-0.2, 0) is 22.6 Å². The fraction of sp³-hybridized carbons (Fsp3) is 0.455. The summed E-state index contributed by atoms with van der Waals surface area (Å²) < 4.78 is 10.7. The first-order valence-corrected chi connectivity index (χ1v) is 19.6. The number of unbranched alkanes of at least 4 members (excludes halogenated alkanes) is 3. The summed E-state index contributed by atoms with van der Waals surface area (Å²) in [6, 6.07) is 24.5. The summed E-state index contributed by atoms with van der Waals surface area (Å²) in [5.41, 5.74) is 4.84. The molecule has 0 saturated carbocycles. The zero-order valence-corrected chi connectivity index (χ0v) is 32.3. The summed E-state index contributed by atoms with van der Waals surface area (Å²) in [4.78, 5) is 50.2. The highest BCUT2D eigenvalue weighted by molar-refractivity contribution is 6.08. The molecule has 288 valence electrons. The lowest BCUT2D eigenvalue weighted by atomic mass is 9.97. The number of hydrogen-bond donors (Lipinski definition) is 2. The highest BCUT2D eigenvalue weighted by atomic mass is 16.5. The summed E-state index contributed by atoms with van der Waals surface area (Å²) in [6.07, 6.45) is 6.43. The van der Waals surface area contributed by atoms with Crippen molar-refractivity contribution in [2.45, 2.75) is 77.4 Å². The van der Waals surface area contributed by atoms with Gasteiger partial charge >= 0.3 is 6.09 Å². The number of carbonyl (C=O) groups is 3. The van der Waals surface area contributed by atoms with Crippen molar-refractivity contribution in [1.29, 1.82) is 0 Å². The number of methoxy groups -OCH3 is 1. The second-order valence-electron chi connectivity index (χ2n) is 14.3. The third kappa shape index (κ3) is 12.4. The first-order valence-electron chi connectivity index (χ1n) is 19.6. The van der Waals surface area contributed by atoms with Gasteiger partial charge in [0.1, 0.15) is 12.4 Å². The first-order chi connectivity index (χ1) is 26.3. The lowest BCUT2D eigenvalue weighted by Gasteiger charge is -2.32. The molecular weight excluding hydrogens is 679 g/mol. The molecule has 1 fully saturated rings. The van der Waals surface area contributed by atoms with E-state index in [0.717, 1.165) is 98.2 Å². The third-order valence-electron chi connectivity index (χ3n) is 10.2. The fourth-order valence-corrected chi connectivity index (χ4v) is 6.77. The number of nitrogens with one attached hydrogen (secondary N) is 2. The predicted molar refractivity (Wildman–Crippen MR) is 215 cm³/mol.